The molecule has 2 nitrogen and oxygen atoms in total. The molecule has 0 aliphatic rings. The summed E-state index contributed by atoms with van der Waals surface area (Å²) in [6.45, 7) is 5.35. The fraction of sp³-hybridized carbons (Fsp3) is 0.182. The highest BCUT2D eigenvalue weighted by Crippen LogP contribution is 2.10. The zero-order valence-electron chi connectivity index (χ0n) is 8.31. The lowest BCUT2D eigenvalue weighted by Gasteiger charge is -2.06. The van der Waals surface area contributed by atoms with Crippen LogP contribution in [0.3, 0.4) is 0 Å². The zero-order valence-corrected chi connectivity index (χ0v) is 9.07. The molecule has 0 spiro atoms. The van der Waals surface area contributed by atoms with Gasteiger partial charge in [0.2, 0.25) is 0 Å². The van der Waals surface area contributed by atoms with Crippen LogP contribution >= 0.6 is 11.6 Å². The number of hydrogen-bond donors (Lipinski definition) is 1. The highest BCUT2D eigenvalue weighted by Gasteiger charge is 2.09. The number of rotatable bonds is 3. The lowest BCUT2D eigenvalue weighted by atomic mass is 10.1. The van der Waals surface area contributed by atoms with Gasteiger partial charge in [-0.25, -0.2) is 4.39 Å². The van der Waals surface area contributed by atoms with E-state index in [4.69, 9.17) is 11.6 Å². The number of aryl methyl sites for hydroxylation is 1. The highest BCUT2D eigenvalue weighted by molar-refractivity contribution is 6.29. The second kappa shape index (κ2) is 4.94. The van der Waals surface area contributed by atoms with Gasteiger partial charge in [-0.05, 0) is 24.6 Å². The first-order valence-corrected chi connectivity index (χ1v) is 4.76. The maximum atomic E-state index is 12.9. The van der Waals surface area contributed by atoms with Crippen LogP contribution in [-0.2, 0) is 0 Å². The molecule has 0 saturated heterocycles. The summed E-state index contributed by atoms with van der Waals surface area (Å²) in [5.41, 5.74) is 1.03. The number of nitrogens with one attached hydrogen (secondary N) is 1. The minimum atomic E-state index is -0.435. The summed E-state index contributed by atoms with van der Waals surface area (Å²) < 4.78 is 12.9. The predicted octanol–water partition coefficient (Wildman–Crippen LogP) is 2.62. The maximum Gasteiger partial charge on any atom is 0.251 e. The number of amides is 1. The third kappa shape index (κ3) is 3.36. The molecule has 0 unspecified atom stereocenters. The molecule has 0 aromatic heterocycles. The maximum absolute atomic E-state index is 12.9. The molecule has 1 aromatic carbocycles. The first-order valence-electron chi connectivity index (χ1n) is 4.38. The first kappa shape index (κ1) is 11.7. The lowest BCUT2D eigenvalue weighted by Crippen LogP contribution is -2.25. The Morgan fingerprint density at radius 3 is 2.87 bits per heavy atom. The first-order chi connectivity index (χ1) is 7.00. The van der Waals surface area contributed by atoms with Crippen molar-refractivity contribution in [3.05, 3.63) is 46.8 Å². The smallest absolute Gasteiger partial charge is 0.251 e. The van der Waals surface area contributed by atoms with Gasteiger partial charge in [0.05, 0.1) is 6.54 Å². The van der Waals surface area contributed by atoms with Crippen molar-refractivity contribution in [2.45, 2.75) is 6.92 Å². The van der Waals surface area contributed by atoms with Crippen molar-refractivity contribution in [3.8, 4) is 0 Å². The van der Waals surface area contributed by atoms with Gasteiger partial charge < -0.3 is 5.32 Å². The van der Waals surface area contributed by atoms with E-state index in [1.807, 2.05) is 0 Å². The number of hydrogen-bond acceptors (Lipinski definition) is 1. The second-order valence-corrected chi connectivity index (χ2v) is 3.69. The normalized spacial score (nSPS) is 9.80. The van der Waals surface area contributed by atoms with Crippen molar-refractivity contribution in [1.29, 1.82) is 0 Å². The van der Waals surface area contributed by atoms with E-state index in [1.165, 1.54) is 12.1 Å². The van der Waals surface area contributed by atoms with Gasteiger partial charge in [0.25, 0.3) is 5.91 Å². The van der Waals surface area contributed by atoms with Gasteiger partial charge in [0, 0.05) is 10.6 Å². The van der Waals surface area contributed by atoms with Crippen LogP contribution in [0, 0.1) is 12.7 Å². The Kier molecular flexibility index (Phi) is 3.86. The Morgan fingerprint density at radius 1 is 1.60 bits per heavy atom. The van der Waals surface area contributed by atoms with E-state index in [9.17, 15) is 9.18 Å². The van der Waals surface area contributed by atoms with E-state index < -0.39 is 5.82 Å². The SMILES string of the molecule is C=C(Cl)CNC(=O)c1cc(F)ccc1C. The molecular formula is C11H11ClFNO. The Balaban J connectivity index is 2.81. The largest absolute Gasteiger partial charge is 0.347 e. The van der Waals surface area contributed by atoms with E-state index >= 15 is 0 Å². The van der Waals surface area contributed by atoms with E-state index in [2.05, 4.69) is 11.9 Å². The molecule has 0 radical (unpaired) electrons. The van der Waals surface area contributed by atoms with E-state index in [0.717, 1.165) is 0 Å². The fourth-order valence-electron chi connectivity index (χ4n) is 1.11. The molecule has 1 N–H and O–H groups in total. The molecule has 0 atom stereocenters. The Bertz CT molecular complexity index is 404. The summed E-state index contributed by atoms with van der Waals surface area (Å²) in [6.07, 6.45) is 0. The van der Waals surface area contributed by atoms with Crippen molar-refractivity contribution < 1.29 is 9.18 Å². The van der Waals surface area contributed by atoms with Crippen LogP contribution < -0.4 is 5.32 Å². The van der Waals surface area contributed by atoms with Crippen LogP contribution in [0.1, 0.15) is 15.9 Å². The van der Waals surface area contributed by atoms with Gasteiger partial charge in [-0.1, -0.05) is 24.2 Å². The quantitative estimate of drug-likeness (QED) is 0.845. The van der Waals surface area contributed by atoms with Gasteiger partial charge >= 0.3 is 0 Å². The van der Waals surface area contributed by atoms with Crippen LogP contribution in [0.25, 0.3) is 0 Å². The van der Waals surface area contributed by atoms with Gasteiger partial charge in [0.15, 0.2) is 0 Å². The van der Waals surface area contributed by atoms with E-state index in [0.29, 0.717) is 16.2 Å². The third-order valence-electron chi connectivity index (χ3n) is 1.89. The monoisotopic (exact) mass is 227 g/mol. The van der Waals surface area contributed by atoms with Gasteiger partial charge in [-0.2, -0.15) is 0 Å². The highest BCUT2D eigenvalue weighted by atomic mass is 35.5. The molecule has 0 heterocycles. The number of carbonyl (C=O) groups excluding carboxylic acids is 1. The molecule has 0 saturated carbocycles. The van der Waals surface area contributed by atoms with Crippen molar-refractivity contribution >= 4 is 17.5 Å². The summed E-state index contributed by atoms with van der Waals surface area (Å²) >= 11 is 5.50. The molecule has 0 bridgehead atoms. The standard InChI is InChI=1S/C11H11ClFNO/c1-7-3-4-9(13)5-10(7)11(15)14-6-8(2)12/h3-5H,2,6H2,1H3,(H,14,15). The number of carbonyl (C=O) groups is 1. The fourth-order valence-corrected chi connectivity index (χ4v) is 1.18. The zero-order chi connectivity index (χ0) is 11.4. The Hall–Kier alpha value is -1.35. The van der Waals surface area contributed by atoms with Crippen LogP contribution in [0.2, 0.25) is 0 Å². The molecule has 1 amide bonds. The molecule has 1 aromatic rings. The molecular weight excluding hydrogens is 217 g/mol. The Morgan fingerprint density at radius 2 is 2.27 bits per heavy atom. The molecule has 0 fully saturated rings. The van der Waals surface area contributed by atoms with Crippen LogP contribution in [0.5, 0.6) is 0 Å². The number of benzene rings is 1. The van der Waals surface area contributed by atoms with Gasteiger partial charge in [-0.15, -0.1) is 0 Å². The molecule has 4 heteroatoms. The Labute approximate surface area is 92.7 Å². The molecule has 0 aliphatic carbocycles. The van der Waals surface area contributed by atoms with Gasteiger partial charge in [-0.3, -0.25) is 4.79 Å². The second-order valence-electron chi connectivity index (χ2n) is 3.16. The minimum Gasteiger partial charge on any atom is -0.347 e. The topological polar surface area (TPSA) is 29.1 Å². The minimum absolute atomic E-state index is 0.177. The van der Waals surface area contributed by atoms with Crippen LogP contribution in [-0.4, -0.2) is 12.5 Å². The average molecular weight is 228 g/mol. The summed E-state index contributed by atoms with van der Waals surface area (Å²) in [5.74, 6) is -0.788. The van der Waals surface area contributed by atoms with Crippen molar-refractivity contribution in [2.75, 3.05) is 6.54 Å². The molecule has 80 valence electrons. The van der Waals surface area contributed by atoms with Crippen molar-refractivity contribution in [3.63, 3.8) is 0 Å². The summed E-state index contributed by atoms with van der Waals surface area (Å²) in [5, 5.41) is 2.86. The summed E-state index contributed by atoms with van der Waals surface area (Å²) in [4.78, 5) is 11.5. The molecule has 15 heavy (non-hydrogen) atoms. The summed E-state index contributed by atoms with van der Waals surface area (Å²) in [7, 11) is 0. The molecule has 0 aliphatic heterocycles. The molecule has 1 rings (SSSR count). The number of halogens is 2. The van der Waals surface area contributed by atoms with Crippen molar-refractivity contribution in [1.82, 2.24) is 5.32 Å². The lowest BCUT2D eigenvalue weighted by molar-refractivity contribution is 0.0956. The summed E-state index contributed by atoms with van der Waals surface area (Å²) in [6, 6.07) is 4.06. The predicted molar refractivity (Wildman–Crippen MR) is 58.5 cm³/mol. The van der Waals surface area contributed by atoms with Crippen LogP contribution in [0.15, 0.2) is 29.8 Å². The van der Waals surface area contributed by atoms with Crippen LogP contribution in [0.4, 0.5) is 4.39 Å². The third-order valence-corrected chi connectivity index (χ3v) is 2.02. The average Bonchev–Trinajstić information content (AvgIpc) is 2.18. The van der Waals surface area contributed by atoms with E-state index in [1.54, 1.807) is 13.0 Å². The van der Waals surface area contributed by atoms with E-state index in [-0.39, 0.29) is 12.5 Å². The van der Waals surface area contributed by atoms with Gasteiger partial charge in [0.1, 0.15) is 5.82 Å². The van der Waals surface area contributed by atoms with Crippen molar-refractivity contribution in [2.24, 2.45) is 0 Å².